The Morgan fingerprint density at radius 1 is 1.09 bits per heavy atom. The first-order valence-corrected chi connectivity index (χ1v) is 6.81. The van der Waals surface area contributed by atoms with Crippen LogP contribution < -0.4 is 0 Å². The molecule has 0 saturated carbocycles. The summed E-state index contributed by atoms with van der Waals surface area (Å²) in [5.41, 5.74) is 0.848. The van der Waals surface area contributed by atoms with E-state index >= 15 is 0 Å². The lowest BCUT2D eigenvalue weighted by molar-refractivity contribution is -0.144. The molecular weight excluding hydrogens is 340 g/mol. The minimum Gasteiger partial charge on any atom is -0.311 e. The Bertz CT molecular complexity index is 845. The second-order valence-electron chi connectivity index (χ2n) is 4.47. The molecule has 0 unspecified atom stereocenters. The predicted octanol–water partition coefficient (Wildman–Crippen LogP) is 4.20. The van der Waals surface area contributed by atoms with Crippen LogP contribution in [0.4, 0.5) is 13.2 Å². The number of nitrogens with zero attached hydrogens (tertiary/aromatic N) is 4. The summed E-state index contributed by atoms with van der Waals surface area (Å²) in [7, 11) is 0. The van der Waals surface area contributed by atoms with Crippen molar-refractivity contribution in [3.05, 3.63) is 52.2 Å². The first-order chi connectivity index (χ1) is 10.4. The number of alkyl halides is 3. The summed E-state index contributed by atoms with van der Waals surface area (Å²) in [6.45, 7) is 0.223. The normalized spacial score (nSPS) is 12.0. The first kappa shape index (κ1) is 15.1. The Labute approximate surface area is 132 Å². The molecule has 1 aromatic carbocycles. The molecule has 0 radical (unpaired) electrons. The lowest BCUT2D eigenvalue weighted by atomic mass is 10.2. The van der Waals surface area contributed by atoms with Gasteiger partial charge in [0.15, 0.2) is 10.8 Å². The summed E-state index contributed by atoms with van der Waals surface area (Å²) in [6.07, 6.45) is -3.33. The van der Waals surface area contributed by atoms with Crippen LogP contribution in [0.5, 0.6) is 0 Å². The van der Waals surface area contributed by atoms with Gasteiger partial charge in [-0.3, -0.25) is 0 Å². The average Bonchev–Trinajstić information content (AvgIpc) is 2.84. The highest BCUT2D eigenvalue weighted by molar-refractivity contribution is 6.33. The fraction of sp³-hybridized carbons (Fsp3) is 0.154. The van der Waals surface area contributed by atoms with Crippen LogP contribution in [0.2, 0.25) is 10.2 Å². The summed E-state index contributed by atoms with van der Waals surface area (Å²) in [5.74, 6) is -1.30. The maximum absolute atomic E-state index is 12.8. The summed E-state index contributed by atoms with van der Waals surface area (Å²) in [6, 6.07) is 7.00. The molecule has 2 heterocycles. The van der Waals surface area contributed by atoms with Crippen LogP contribution in [-0.4, -0.2) is 19.5 Å². The molecule has 0 atom stereocenters. The molecule has 0 aliphatic heterocycles. The van der Waals surface area contributed by atoms with Gasteiger partial charge in [0, 0.05) is 5.02 Å². The molecule has 4 nitrogen and oxygen atoms in total. The monoisotopic (exact) mass is 346 g/mol. The van der Waals surface area contributed by atoms with Gasteiger partial charge in [0.2, 0.25) is 5.82 Å². The van der Waals surface area contributed by atoms with Crippen molar-refractivity contribution in [3.8, 4) is 0 Å². The standard InChI is InChI=1S/C13H7Cl2F3N4/c14-8-4-2-1-3-7(8)5-22-6-19-9-10(15)20-12(13(16,17)18)21-11(9)22/h1-4,6H,5H2. The number of halogens is 5. The molecule has 22 heavy (non-hydrogen) atoms. The minimum absolute atomic E-state index is 0.00671. The molecule has 0 aliphatic rings. The van der Waals surface area contributed by atoms with Gasteiger partial charge in [-0.05, 0) is 11.6 Å². The second kappa shape index (κ2) is 5.40. The molecule has 0 spiro atoms. The van der Waals surface area contributed by atoms with E-state index in [4.69, 9.17) is 23.2 Å². The van der Waals surface area contributed by atoms with Gasteiger partial charge in [0.05, 0.1) is 12.9 Å². The quantitative estimate of drug-likeness (QED) is 0.653. The van der Waals surface area contributed by atoms with E-state index in [1.54, 1.807) is 24.3 Å². The number of rotatable bonds is 2. The topological polar surface area (TPSA) is 43.6 Å². The van der Waals surface area contributed by atoms with Gasteiger partial charge in [-0.15, -0.1) is 0 Å². The third-order valence-electron chi connectivity index (χ3n) is 2.97. The van der Waals surface area contributed by atoms with E-state index in [9.17, 15) is 13.2 Å². The molecule has 3 rings (SSSR count). The van der Waals surface area contributed by atoms with E-state index in [1.807, 2.05) is 0 Å². The van der Waals surface area contributed by atoms with Gasteiger partial charge in [-0.1, -0.05) is 41.4 Å². The van der Waals surface area contributed by atoms with Crippen molar-refractivity contribution in [1.82, 2.24) is 19.5 Å². The maximum Gasteiger partial charge on any atom is 0.451 e. The van der Waals surface area contributed by atoms with Crippen LogP contribution in [0.3, 0.4) is 0 Å². The highest BCUT2D eigenvalue weighted by Gasteiger charge is 2.36. The lowest BCUT2D eigenvalue weighted by Gasteiger charge is -2.08. The second-order valence-corrected chi connectivity index (χ2v) is 5.24. The number of hydrogen-bond acceptors (Lipinski definition) is 3. The summed E-state index contributed by atoms with van der Waals surface area (Å²) >= 11 is 11.8. The highest BCUT2D eigenvalue weighted by Crippen LogP contribution is 2.30. The van der Waals surface area contributed by atoms with Crippen molar-refractivity contribution in [3.63, 3.8) is 0 Å². The minimum atomic E-state index is -4.68. The molecule has 2 aromatic heterocycles. The predicted molar refractivity (Wildman–Crippen MR) is 75.9 cm³/mol. The molecule has 0 fully saturated rings. The number of hydrogen-bond donors (Lipinski definition) is 0. The number of aromatic nitrogens is 4. The van der Waals surface area contributed by atoms with Gasteiger partial charge < -0.3 is 4.57 Å². The molecule has 0 bridgehead atoms. The Hall–Kier alpha value is -1.86. The molecule has 0 aliphatic carbocycles. The molecule has 9 heteroatoms. The van der Waals surface area contributed by atoms with Gasteiger partial charge >= 0.3 is 6.18 Å². The maximum atomic E-state index is 12.8. The molecule has 0 amide bonds. The molecule has 0 N–H and O–H groups in total. The number of benzene rings is 1. The van der Waals surface area contributed by atoms with E-state index < -0.39 is 12.0 Å². The highest BCUT2D eigenvalue weighted by atomic mass is 35.5. The van der Waals surface area contributed by atoms with Crippen molar-refractivity contribution >= 4 is 34.4 Å². The van der Waals surface area contributed by atoms with Crippen molar-refractivity contribution in [2.45, 2.75) is 12.7 Å². The van der Waals surface area contributed by atoms with Crippen molar-refractivity contribution in [2.24, 2.45) is 0 Å². The Morgan fingerprint density at radius 2 is 1.82 bits per heavy atom. The van der Waals surface area contributed by atoms with Crippen LogP contribution in [0.25, 0.3) is 11.2 Å². The van der Waals surface area contributed by atoms with Crippen LogP contribution in [0, 0.1) is 0 Å². The van der Waals surface area contributed by atoms with Crippen LogP contribution in [0.15, 0.2) is 30.6 Å². The molecule has 114 valence electrons. The van der Waals surface area contributed by atoms with E-state index in [2.05, 4.69) is 15.0 Å². The molecule has 0 saturated heterocycles. The zero-order valence-corrected chi connectivity index (χ0v) is 12.3. The van der Waals surface area contributed by atoms with Crippen molar-refractivity contribution in [2.75, 3.05) is 0 Å². The SMILES string of the molecule is FC(F)(F)c1nc(Cl)c2ncn(Cc3ccccc3Cl)c2n1. The zero-order valence-electron chi connectivity index (χ0n) is 10.8. The number of fused-ring (bicyclic) bond motifs is 1. The third kappa shape index (κ3) is 2.74. The lowest BCUT2D eigenvalue weighted by Crippen LogP contribution is -2.12. The molecular formula is C13H7Cl2F3N4. The van der Waals surface area contributed by atoms with E-state index in [1.165, 1.54) is 10.9 Å². The summed E-state index contributed by atoms with van der Waals surface area (Å²) in [4.78, 5) is 10.7. The van der Waals surface area contributed by atoms with Gasteiger partial charge in [0.25, 0.3) is 0 Å². The Morgan fingerprint density at radius 3 is 2.50 bits per heavy atom. The summed E-state index contributed by atoms with van der Waals surface area (Å²) in [5, 5.41) is 0.163. The van der Waals surface area contributed by atoms with E-state index in [0.29, 0.717) is 5.02 Å². The van der Waals surface area contributed by atoms with Gasteiger partial charge in [-0.25, -0.2) is 15.0 Å². The van der Waals surface area contributed by atoms with Crippen LogP contribution in [0.1, 0.15) is 11.4 Å². The fourth-order valence-corrected chi connectivity index (χ4v) is 2.37. The fourth-order valence-electron chi connectivity index (χ4n) is 1.96. The first-order valence-electron chi connectivity index (χ1n) is 6.05. The van der Waals surface area contributed by atoms with E-state index in [0.717, 1.165) is 5.56 Å². The smallest absolute Gasteiger partial charge is 0.311 e. The number of imidazole rings is 1. The largest absolute Gasteiger partial charge is 0.451 e. The van der Waals surface area contributed by atoms with Gasteiger partial charge in [0.1, 0.15) is 5.52 Å². The van der Waals surface area contributed by atoms with Crippen molar-refractivity contribution < 1.29 is 13.2 Å². The molecule has 3 aromatic rings. The average molecular weight is 347 g/mol. The summed E-state index contributed by atoms with van der Waals surface area (Å²) < 4.78 is 39.8. The van der Waals surface area contributed by atoms with Crippen molar-refractivity contribution in [1.29, 1.82) is 0 Å². The van der Waals surface area contributed by atoms with Crippen LogP contribution in [-0.2, 0) is 12.7 Å². The Kier molecular flexibility index (Phi) is 3.70. The van der Waals surface area contributed by atoms with E-state index in [-0.39, 0.29) is 22.9 Å². The third-order valence-corrected chi connectivity index (χ3v) is 3.61. The zero-order chi connectivity index (χ0) is 15.9. The Balaban J connectivity index is 2.11. The van der Waals surface area contributed by atoms with Crippen LogP contribution >= 0.6 is 23.2 Å². The van der Waals surface area contributed by atoms with Gasteiger partial charge in [-0.2, -0.15) is 13.2 Å².